The summed E-state index contributed by atoms with van der Waals surface area (Å²) in [5.41, 5.74) is 0.583. The van der Waals surface area contributed by atoms with Gasteiger partial charge in [-0.3, -0.25) is 0 Å². The molecular weight excluding hydrogens is 218 g/mol. The predicted molar refractivity (Wildman–Crippen MR) is 82.0 cm³/mol. The van der Waals surface area contributed by atoms with Crippen molar-refractivity contribution in [2.24, 2.45) is 5.41 Å². The zero-order valence-corrected chi connectivity index (χ0v) is 13.1. The van der Waals surface area contributed by atoms with Gasteiger partial charge in [-0.25, -0.2) is 0 Å². The third-order valence-electron chi connectivity index (χ3n) is 4.82. The molecular formula is C17H35N. The van der Waals surface area contributed by atoms with Crippen molar-refractivity contribution in [1.82, 2.24) is 5.32 Å². The van der Waals surface area contributed by atoms with E-state index in [0.717, 1.165) is 6.04 Å². The average molecular weight is 253 g/mol. The number of rotatable bonds is 9. The quantitative estimate of drug-likeness (QED) is 0.550. The van der Waals surface area contributed by atoms with Gasteiger partial charge in [0.05, 0.1) is 0 Å². The highest BCUT2D eigenvalue weighted by molar-refractivity contribution is 4.89. The fourth-order valence-corrected chi connectivity index (χ4v) is 3.50. The van der Waals surface area contributed by atoms with Crippen LogP contribution in [0.25, 0.3) is 0 Å². The number of unbranched alkanes of at least 4 members (excludes halogenated alkanes) is 3. The lowest BCUT2D eigenvalue weighted by atomic mass is 9.69. The van der Waals surface area contributed by atoms with Gasteiger partial charge < -0.3 is 5.32 Å². The zero-order chi connectivity index (χ0) is 13.3. The van der Waals surface area contributed by atoms with Gasteiger partial charge in [0.2, 0.25) is 0 Å². The molecule has 0 aromatic rings. The van der Waals surface area contributed by atoms with E-state index in [2.05, 4.69) is 26.1 Å². The molecule has 1 aliphatic carbocycles. The first-order chi connectivity index (χ1) is 8.73. The second-order valence-corrected chi connectivity index (χ2v) is 6.57. The van der Waals surface area contributed by atoms with E-state index in [0.29, 0.717) is 5.41 Å². The maximum atomic E-state index is 3.86. The summed E-state index contributed by atoms with van der Waals surface area (Å²) >= 11 is 0. The van der Waals surface area contributed by atoms with Crippen molar-refractivity contribution in [3.8, 4) is 0 Å². The van der Waals surface area contributed by atoms with Crippen LogP contribution in [0.1, 0.15) is 91.4 Å². The van der Waals surface area contributed by atoms with E-state index in [4.69, 9.17) is 0 Å². The van der Waals surface area contributed by atoms with Crippen LogP contribution in [0, 0.1) is 5.41 Å². The van der Waals surface area contributed by atoms with Gasteiger partial charge in [0.15, 0.2) is 0 Å². The van der Waals surface area contributed by atoms with Gasteiger partial charge in [0, 0.05) is 6.04 Å². The van der Waals surface area contributed by atoms with Crippen LogP contribution in [0.2, 0.25) is 0 Å². The first-order valence-electron chi connectivity index (χ1n) is 8.46. The molecule has 0 aromatic carbocycles. The SMILES string of the molecule is CCCCCCC(NCCC)C1(C)CCCCC1. The molecule has 0 spiro atoms. The van der Waals surface area contributed by atoms with Crippen LogP contribution >= 0.6 is 0 Å². The summed E-state index contributed by atoms with van der Waals surface area (Å²) in [6.07, 6.45) is 15.5. The minimum Gasteiger partial charge on any atom is -0.313 e. The molecule has 1 heteroatoms. The molecule has 1 aliphatic rings. The summed E-state index contributed by atoms with van der Waals surface area (Å²) in [4.78, 5) is 0. The Hall–Kier alpha value is -0.0400. The molecule has 0 amide bonds. The Balaban J connectivity index is 2.42. The monoisotopic (exact) mass is 253 g/mol. The summed E-state index contributed by atoms with van der Waals surface area (Å²) in [6.45, 7) is 8.33. The molecule has 0 aliphatic heterocycles. The van der Waals surface area contributed by atoms with Gasteiger partial charge in [0.1, 0.15) is 0 Å². The predicted octanol–water partition coefficient (Wildman–Crippen LogP) is 5.30. The van der Waals surface area contributed by atoms with Gasteiger partial charge in [0.25, 0.3) is 0 Å². The Morgan fingerprint density at radius 3 is 2.28 bits per heavy atom. The summed E-state index contributed by atoms with van der Waals surface area (Å²) in [5.74, 6) is 0. The van der Waals surface area contributed by atoms with Crippen molar-refractivity contribution < 1.29 is 0 Å². The summed E-state index contributed by atoms with van der Waals surface area (Å²) in [5, 5.41) is 3.86. The van der Waals surface area contributed by atoms with Crippen LogP contribution in [-0.2, 0) is 0 Å². The minimum atomic E-state index is 0.583. The van der Waals surface area contributed by atoms with E-state index in [1.165, 1.54) is 77.2 Å². The van der Waals surface area contributed by atoms with Crippen LogP contribution in [0.4, 0.5) is 0 Å². The van der Waals surface area contributed by atoms with E-state index in [1.54, 1.807) is 0 Å². The van der Waals surface area contributed by atoms with E-state index in [1.807, 2.05) is 0 Å². The van der Waals surface area contributed by atoms with E-state index in [9.17, 15) is 0 Å². The summed E-state index contributed by atoms with van der Waals surface area (Å²) < 4.78 is 0. The summed E-state index contributed by atoms with van der Waals surface area (Å²) in [6, 6.07) is 0.773. The first kappa shape index (κ1) is 16.0. The van der Waals surface area contributed by atoms with Crippen LogP contribution in [-0.4, -0.2) is 12.6 Å². The minimum absolute atomic E-state index is 0.583. The molecule has 1 unspecified atom stereocenters. The standard InChI is InChI=1S/C17H35N/c1-4-6-7-9-12-16(18-15-5-2)17(3)13-10-8-11-14-17/h16,18H,4-15H2,1-3H3. The Bertz CT molecular complexity index is 194. The lowest BCUT2D eigenvalue weighted by molar-refractivity contribution is 0.135. The fourth-order valence-electron chi connectivity index (χ4n) is 3.50. The molecule has 0 saturated heterocycles. The Morgan fingerprint density at radius 1 is 0.944 bits per heavy atom. The van der Waals surface area contributed by atoms with Crippen molar-refractivity contribution in [2.45, 2.75) is 97.4 Å². The average Bonchev–Trinajstić information content (AvgIpc) is 2.38. The highest BCUT2D eigenvalue weighted by Gasteiger charge is 2.34. The van der Waals surface area contributed by atoms with Crippen molar-refractivity contribution in [1.29, 1.82) is 0 Å². The molecule has 0 heterocycles. The van der Waals surface area contributed by atoms with E-state index < -0.39 is 0 Å². The van der Waals surface area contributed by atoms with Gasteiger partial charge in [-0.05, 0) is 37.6 Å². The molecule has 1 rings (SSSR count). The Morgan fingerprint density at radius 2 is 1.67 bits per heavy atom. The smallest absolute Gasteiger partial charge is 0.0121 e. The maximum Gasteiger partial charge on any atom is 0.0121 e. The van der Waals surface area contributed by atoms with Crippen molar-refractivity contribution in [2.75, 3.05) is 6.54 Å². The Labute approximate surface area is 115 Å². The lowest BCUT2D eigenvalue weighted by Gasteiger charge is -2.41. The van der Waals surface area contributed by atoms with Gasteiger partial charge in [-0.2, -0.15) is 0 Å². The van der Waals surface area contributed by atoms with Crippen LogP contribution in [0.5, 0.6) is 0 Å². The van der Waals surface area contributed by atoms with Crippen molar-refractivity contribution >= 4 is 0 Å². The lowest BCUT2D eigenvalue weighted by Crippen LogP contribution is -2.45. The second-order valence-electron chi connectivity index (χ2n) is 6.57. The summed E-state index contributed by atoms with van der Waals surface area (Å²) in [7, 11) is 0. The molecule has 1 atom stereocenters. The van der Waals surface area contributed by atoms with Crippen LogP contribution in [0.3, 0.4) is 0 Å². The van der Waals surface area contributed by atoms with E-state index >= 15 is 0 Å². The fraction of sp³-hybridized carbons (Fsp3) is 1.00. The topological polar surface area (TPSA) is 12.0 Å². The normalized spacial score (nSPS) is 20.8. The van der Waals surface area contributed by atoms with Crippen molar-refractivity contribution in [3.05, 3.63) is 0 Å². The number of nitrogens with one attached hydrogen (secondary N) is 1. The van der Waals surface area contributed by atoms with E-state index in [-0.39, 0.29) is 0 Å². The van der Waals surface area contributed by atoms with Gasteiger partial charge in [-0.15, -0.1) is 0 Å². The molecule has 1 fully saturated rings. The molecule has 108 valence electrons. The number of hydrogen-bond donors (Lipinski definition) is 1. The molecule has 0 bridgehead atoms. The first-order valence-corrected chi connectivity index (χ1v) is 8.46. The number of hydrogen-bond acceptors (Lipinski definition) is 1. The molecule has 1 saturated carbocycles. The van der Waals surface area contributed by atoms with Gasteiger partial charge in [-0.1, -0.05) is 65.7 Å². The van der Waals surface area contributed by atoms with Crippen molar-refractivity contribution in [3.63, 3.8) is 0 Å². The van der Waals surface area contributed by atoms with Crippen LogP contribution < -0.4 is 5.32 Å². The third kappa shape index (κ3) is 5.30. The Kier molecular flexibility index (Phi) is 7.97. The second kappa shape index (κ2) is 8.96. The molecule has 0 radical (unpaired) electrons. The molecule has 1 nitrogen and oxygen atoms in total. The highest BCUT2D eigenvalue weighted by Crippen LogP contribution is 2.40. The molecule has 1 N–H and O–H groups in total. The highest BCUT2D eigenvalue weighted by atomic mass is 14.9. The zero-order valence-electron chi connectivity index (χ0n) is 13.1. The molecule has 0 aromatic heterocycles. The largest absolute Gasteiger partial charge is 0.313 e. The van der Waals surface area contributed by atoms with Crippen LogP contribution in [0.15, 0.2) is 0 Å². The van der Waals surface area contributed by atoms with Gasteiger partial charge >= 0.3 is 0 Å². The molecule has 18 heavy (non-hydrogen) atoms. The maximum absolute atomic E-state index is 3.86. The third-order valence-corrected chi connectivity index (χ3v) is 4.82.